The van der Waals surface area contributed by atoms with Crippen molar-refractivity contribution in [2.45, 2.75) is 71.4 Å². The number of carbonyl (C=O) groups excluding carboxylic acids is 1. The van der Waals surface area contributed by atoms with Crippen LogP contribution in [0.2, 0.25) is 0 Å². The summed E-state index contributed by atoms with van der Waals surface area (Å²) in [5, 5.41) is 13.2. The van der Waals surface area contributed by atoms with Gasteiger partial charge in [-0.3, -0.25) is 9.52 Å². The standard InChI is InChI=1S/C31H43FN6O4S2/c1-31(2,3)21-7-9-24-20(16-21)18-27-29(34-24)43-30(35-27)28(40)33-25(12-15-38-13-10-22(39)11-14-38)19-6-8-26(23(32)17-19)36-44(41,42)37(4)5/h6,8,17-18,21-22,25,36,39H,7,9-16H2,1-5H3,(H,33,40)/t21?,25-/m1/s1. The zero-order valence-corrected chi connectivity index (χ0v) is 27.7. The Hall–Kier alpha value is -2.71. The average molecular weight is 647 g/mol. The minimum absolute atomic E-state index is 0.174. The van der Waals surface area contributed by atoms with Crippen LogP contribution in [0.25, 0.3) is 10.3 Å². The lowest BCUT2D eigenvalue weighted by atomic mass is 9.71. The first-order chi connectivity index (χ1) is 20.7. The van der Waals surface area contributed by atoms with Gasteiger partial charge in [-0.2, -0.15) is 12.7 Å². The molecule has 3 heterocycles. The predicted octanol–water partition coefficient (Wildman–Crippen LogP) is 4.52. The second-order valence-electron chi connectivity index (χ2n) is 13.3. The number of nitrogens with one attached hydrogen (secondary N) is 2. The minimum atomic E-state index is -3.89. The van der Waals surface area contributed by atoms with Crippen molar-refractivity contribution in [3.63, 3.8) is 0 Å². The van der Waals surface area contributed by atoms with Gasteiger partial charge in [0.05, 0.1) is 17.8 Å². The van der Waals surface area contributed by atoms with Crippen LogP contribution in [-0.4, -0.2) is 78.4 Å². The third-order valence-corrected chi connectivity index (χ3v) is 11.3. The number of nitrogens with zero attached hydrogens (tertiary/aromatic N) is 4. The number of carbonyl (C=O) groups is 1. The molecule has 2 atom stereocenters. The Kier molecular flexibility index (Phi) is 9.62. The number of aromatic nitrogens is 2. The predicted molar refractivity (Wildman–Crippen MR) is 172 cm³/mol. The lowest BCUT2D eigenvalue weighted by Gasteiger charge is -2.34. The number of piperidine rings is 1. The van der Waals surface area contributed by atoms with Crippen LogP contribution in [0.1, 0.15) is 79.1 Å². The van der Waals surface area contributed by atoms with E-state index in [0.29, 0.717) is 47.8 Å². The number of thiazole rings is 1. The first-order valence-corrected chi connectivity index (χ1v) is 17.5. The summed E-state index contributed by atoms with van der Waals surface area (Å²) in [6, 6.07) is 5.79. The third kappa shape index (κ3) is 7.56. The van der Waals surface area contributed by atoms with Crippen molar-refractivity contribution in [3.8, 4) is 0 Å². The molecule has 2 aromatic heterocycles. The van der Waals surface area contributed by atoms with Gasteiger partial charge in [-0.25, -0.2) is 14.4 Å². The van der Waals surface area contributed by atoms with Crippen LogP contribution < -0.4 is 10.0 Å². The van der Waals surface area contributed by atoms with Gasteiger partial charge in [0.2, 0.25) is 0 Å². The number of benzene rings is 1. The number of aryl methyl sites for hydroxylation is 1. The summed E-state index contributed by atoms with van der Waals surface area (Å²) in [4.78, 5) is 26.1. The first-order valence-electron chi connectivity index (χ1n) is 15.2. The highest BCUT2D eigenvalue weighted by Crippen LogP contribution is 2.38. The molecule has 13 heteroatoms. The van der Waals surface area contributed by atoms with Gasteiger partial charge in [-0.1, -0.05) is 38.2 Å². The van der Waals surface area contributed by atoms with E-state index >= 15 is 4.39 Å². The van der Waals surface area contributed by atoms with Gasteiger partial charge < -0.3 is 15.3 Å². The summed E-state index contributed by atoms with van der Waals surface area (Å²) in [5.74, 6) is -0.545. The van der Waals surface area contributed by atoms with E-state index in [0.717, 1.165) is 47.2 Å². The smallest absolute Gasteiger partial charge is 0.301 e. The van der Waals surface area contributed by atoms with Crippen LogP contribution in [0.15, 0.2) is 24.3 Å². The second kappa shape index (κ2) is 13.0. The Morgan fingerprint density at radius 3 is 2.57 bits per heavy atom. The van der Waals surface area contributed by atoms with Gasteiger partial charge in [0.25, 0.3) is 5.91 Å². The Morgan fingerprint density at radius 2 is 1.91 bits per heavy atom. The van der Waals surface area contributed by atoms with E-state index in [9.17, 15) is 18.3 Å². The fourth-order valence-electron chi connectivity index (χ4n) is 5.91. The van der Waals surface area contributed by atoms with Crippen LogP contribution in [0.4, 0.5) is 10.1 Å². The fourth-order valence-corrected chi connectivity index (χ4v) is 7.38. The van der Waals surface area contributed by atoms with Crippen molar-refractivity contribution >= 4 is 43.5 Å². The fraction of sp³-hybridized carbons (Fsp3) is 0.581. The zero-order valence-electron chi connectivity index (χ0n) is 26.1. The SMILES string of the molecule is CN(C)S(=O)(=O)Nc1ccc([C@@H](CCN2CCC(O)CC2)NC(=O)c2nc3cc4c(nc3s2)CCC(C(C)(C)C)C4)cc1F. The molecule has 3 aromatic rings. The molecular weight excluding hydrogens is 604 g/mol. The van der Waals surface area contributed by atoms with E-state index in [2.05, 4.69) is 46.8 Å². The molecule has 0 bridgehead atoms. The summed E-state index contributed by atoms with van der Waals surface area (Å²) < 4.78 is 42.9. The second-order valence-corrected chi connectivity index (χ2v) is 16.1. The molecule has 1 amide bonds. The maximum atomic E-state index is 15.2. The first kappa shape index (κ1) is 32.7. The van der Waals surface area contributed by atoms with Crippen LogP contribution in [0.3, 0.4) is 0 Å². The Bertz CT molecular complexity index is 1610. The Labute approximate surface area is 263 Å². The van der Waals surface area contributed by atoms with E-state index in [-0.39, 0.29) is 23.1 Å². The van der Waals surface area contributed by atoms with Gasteiger partial charge in [0.15, 0.2) is 5.01 Å². The van der Waals surface area contributed by atoms with E-state index in [4.69, 9.17) is 4.98 Å². The van der Waals surface area contributed by atoms with Crippen LogP contribution in [0.5, 0.6) is 0 Å². The van der Waals surface area contributed by atoms with Crippen molar-refractivity contribution in [3.05, 3.63) is 51.9 Å². The molecule has 5 rings (SSSR count). The highest BCUT2D eigenvalue weighted by Gasteiger charge is 2.30. The van der Waals surface area contributed by atoms with Gasteiger partial charge >= 0.3 is 10.2 Å². The summed E-state index contributed by atoms with van der Waals surface area (Å²) in [6.45, 7) is 8.93. The number of anilines is 1. The van der Waals surface area contributed by atoms with Gasteiger partial charge in [-0.15, -0.1) is 0 Å². The number of rotatable bonds is 9. The Morgan fingerprint density at radius 1 is 1.18 bits per heavy atom. The van der Waals surface area contributed by atoms with E-state index in [1.54, 1.807) is 6.07 Å². The number of amides is 1. The molecule has 240 valence electrons. The molecule has 0 radical (unpaired) electrons. The highest BCUT2D eigenvalue weighted by atomic mass is 32.2. The number of pyridine rings is 1. The van der Waals surface area contributed by atoms with Crippen LogP contribution in [0, 0.1) is 17.2 Å². The summed E-state index contributed by atoms with van der Waals surface area (Å²) in [5.41, 5.74) is 3.54. The summed E-state index contributed by atoms with van der Waals surface area (Å²) >= 11 is 1.25. The van der Waals surface area contributed by atoms with Crippen molar-refractivity contribution in [2.75, 3.05) is 38.5 Å². The summed E-state index contributed by atoms with van der Waals surface area (Å²) in [6.07, 6.45) is 4.52. The molecule has 3 N–H and O–H groups in total. The maximum Gasteiger partial charge on any atom is 0.301 e. The molecular formula is C31H43FN6O4S2. The molecule has 1 aliphatic carbocycles. The lowest BCUT2D eigenvalue weighted by molar-refractivity contribution is 0.0795. The Balaban J connectivity index is 1.37. The molecule has 10 nitrogen and oxygen atoms in total. The molecule has 2 aliphatic rings. The van der Waals surface area contributed by atoms with Crippen LogP contribution >= 0.6 is 11.3 Å². The lowest BCUT2D eigenvalue weighted by Crippen LogP contribution is -2.38. The van der Waals surface area contributed by atoms with E-state index in [1.807, 2.05) is 0 Å². The monoisotopic (exact) mass is 646 g/mol. The van der Waals surface area contributed by atoms with Gasteiger partial charge in [0, 0.05) is 39.4 Å². The van der Waals surface area contributed by atoms with E-state index < -0.39 is 22.1 Å². The normalized spacial score (nSPS) is 19.2. The summed E-state index contributed by atoms with van der Waals surface area (Å²) in [7, 11) is -1.17. The van der Waals surface area contributed by atoms with Crippen molar-refractivity contribution in [1.29, 1.82) is 0 Å². The number of hydrogen-bond acceptors (Lipinski definition) is 8. The number of halogens is 1. The van der Waals surface area contributed by atoms with Crippen LogP contribution in [-0.2, 0) is 23.1 Å². The number of aliphatic hydroxyl groups is 1. The largest absolute Gasteiger partial charge is 0.393 e. The van der Waals surface area contributed by atoms with Gasteiger partial charge in [0.1, 0.15) is 16.2 Å². The molecule has 1 aromatic carbocycles. The molecule has 44 heavy (non-hydrogen) atoms. The number of likely N-dealkylation sites (tertiary alicyclic amines) is 1. The molecule has 1 unspecified atom stereocenters. The number of hydrogen-bond donors (Lipinski definition) is 3. The molecule has 0 spiro atoms. The quantitative estimate of drug-likeness (QED) is 0.312. The molecule has 1 aliphatic heterocycles. The molecule has 0 saturated carbocycles. The maximum absolute atomic E-state index is 15.2. The number of aliphatic hydroxyl groups excluding tert-OH is 1. The van der Waals surface area contributed by atoms with Crippen molar-refractivity contribution in [1.82, 2.24) is 24.5 Å². The molecule has 1 saturated heterocycles. The van der Waals surface area contributed by atoms with Crippen molar-refractivity contribution in [2.24, 2.45) is 11.3 Å². The molecule has 1 fully saturated rings. The van der Waals surface area contributed by atoms with E-state index in [1.165, 1.54) is 43.1 Å². The van der Waals surface area contributed by atoms with Gasteiger partial charge in [-0.05, 0) is 79.2 Å². The topological polar surface area (TPSA) is 128 Å². The zero-order chi connectivity index (χ0) is 31.8. The minimum Gasteiger partial charge on any atom is -0.393 e. The van der Waals surface area contributed by atoms with Crippen molar-refractivity contribution < 1.29 is 22.7 Å². The highest BCUT2D eigenvalue weighted by molar-refractivity contribution is 7.90. The average Bonchev–Trinajstić information content (AvgIpc) is 3.38. The third-order valence-electron chi connectivity index (χ3n) is 8.88. The number of fused-ring (bicyclic) bond motifs is 2.